The van der Waals surface area contributed by atoms with E-state index in [1.165, 1.54) is 26.8 Å². The van der Waals surface area contributed by atoms with Crippen molar-refractivity contribution in [3.05, 3.63) is 109 Å². The first-order chi connectivity index (χ1) is 18.6. The molecule has 0 fully saturated rings. The largest absolute Gasteiger partial charge is 0.744 e. The topological polar surface area (TPSA) is 75.7 Å². The Bertz CT molecular complexity index is 1430. The Kier molecular flexibility index (Phi) is 10.1. The van der Waals surface area contributed by atoms with Crippen molar-refractivity contribution >= 4 is 21.0 Å². The van der Waals surface area contributed by atoms with Gasteiger partial charge in [0.05, 0.1) is 15.8 Å². The first-order valence-corrected chi connectivity index (χ1v) is 15.6. The van der Waals surface area contributed by atoms with Gasteiger partial charge in [0, 0.05) is 6.07 Å². The molecule has 0 aromatic heterocycles. The van der Waals surface area contributed by atoms with Gasteiger partial charge in [-0.15, -0.1) is 0 Å². The third-order valence-corrected chi connectivity index (χ3v) is 8.31. The smallest absolute Gasteiger partial charge is 0.170 e. The Hall–Kier alpha value is -3.26. The van der Waals surface area contributed by atoms with Crippen molar-refractivity contribution in [2.24, 2.45) is 0 Å². The SMILES string of the molecule is CC(C)(C)Oc1ccc([S+](c2ccccc2)c2ccccc2)cc1OC(C)(C)C.Cc1ccc(S(=O)(=O)[O-])cc1. The summed E-state index contributed by atoms with van der Waals surface area (Å²) in [5.74, 6) is 1.56. The van der Waals surface area contributed by atoms with Crippen LogP contribution in [0.1, 0.15) is 47.1 Å². The lowest BCUT2D eigenvalue weighted by Gasteiger charge is -2.27. The molecule has 0 aliphatic rings. The molecule has 0 amide bonds. The minimum absolute atomic E-state index is 0.178. The zero-order valence-electron chi connectivity index (χ0n) is 24.2. The summed E-state index contributed by atoms with van der Waals surface area (Å²) in [5, 5.41) is 0. The molecule has 4 rings (SSSR count). The van der Waals surface area contributed by atoms with E-state index in [0.29, 0.717) is 0 Å². The maximum atomic E-state index is 10.4. The lowest BCUT2D eigenvalue weighted by atomic mass is 10.1. The maximum Gasteiger partial charge on any atom is 0.170 e. The van der Waals surface area contributed by atoms with Crippen molar-refractivity contribution in [2.75, 3.05) is 0 Å². The molecule has 0 N–H and O–H groups in total. The van der Waals surface area contributed by atoms with E-state index in [1.807, 2.05) is 13.0 Å². The molecular formula is C33H38O5S2. The van der Waals surface area contributed by atoms with Crippen LogP contribution in [0.5, 0.6) is 11.5 Å². The fourth-order valence-corrected chi connectivity index (χ4v) is 6.24. The summed E-state index contributed by atoms with van der Waals surface area (Å²) in [6.07, 6.45) is 0. The van der Waals surface area contributed by atoms with Crippen LogP contribution in [-0.4, -0.2) is 24.2 Å². The Morgan fingerprint density at radius 3 is 1.48 bits per heavy atom. The van der Waals surface area contributed by atoms with Gasteiger partial charge in [-0.1, -0.05) is 54.1 Å². The first kappa shape index (κ1) is 31.3. The van der Waals surface area contributed by atoms with Crippen LogP contribution in [0.2, 0.25) is 0 Å². The molecule has 0 aliphatic carbocycles. The molecule has 4 aromatic rings. The Morgan fingerprint density at radius 1 is 0.600 bits per heavy atom. The van der Waals surface area contributed by atoms with Crippen molar-refractivity contribution < 1.29 is 22.4 Å². The monoisotopic (exact) mass is 578 g/mol. The fourth-order valence-electron chi connectivity index (χ4n) is 3.67. The van der Waals surface area contributed by atoms with Crippen LogP contribution in [0.4, 0.5) is 0 Å². The summed E-state index contributed by atoms with van der Waals surface area (Å²) in [6.45, 7) is 14.2. The van der Waals surface area contributed by atoms with Gasteiger partial charge in [0.25, 0.3) is 0 Å². The van der Waals surface area contributed by atoms with Crippen LogP contribution < -0.4 is 9.47 Å². The fraction of sp³-hybridized carbons (Fsp3) is 0.273. The molecule has 5 nitrogen and oxygen atoms in total. The van der Waals surface area contributed by atoms with E-state index in [9.17, 15) is 13.0 Å². The number of hydrogen-bond acceptors (Lipinski definition) is 5. The highest BCUT2D eigenvalue weighted by Gasteiger charge is 2.31. The van der Waals surface area contributed by atoms with Gasteiger partial charge in [-0.25, -0.2) is 8.42 Å². The predicted molar refractivity (Wildman–Crippen MR) is 161 cm³/mol. The average Bonchev–Trinajstić information content (AvgIpc) is 2.85. The summed E-state index contributed by atoms with van der Waals surface area (Å²) in [5.41, 5.74) is 0.322. The highest BCUT2D eigenvalue weighted by molar-refractivity contribution is 7.97. The summed E-state index contributed by atoms with van der Waals surface area (Å²) in [6, 6.07) is 33.4. The van der Waals surface area contributed by atoms with Crippen LogP contribution in [-0.2, 0) is 21.0 Å². The summed E-state index contributed by atoms with van der Waals surface area (Å²) in [7, 11) is -4.49. The van der Waals surface area contributed by atoms with Crippen molar-refractivity contribution in [2.45, 2.75) is 79.3 Å². The molecule has 212 valence electrons. The number of hydrogen-bond donors (Lipinski definition) is 0. The third-order valence-electron chi connectivity index (χ3n) is 5.25. The maximum absolute atomic E-state index is 10.4. The molecule has 4 aromatic carbocycles. The molecule has 0 saturated heterocycles. The summed E-state index contributed by atoms with van der Waals surface area (Å²) < 4.78 is 43.7. The Morgan fingerprint density at radius 2 is 1.05 bits per heavy atom. The van der Waals surface area contributed by atoms with Gasteiger partial charge < -0.3 is 14.0 Å². The molecule has 0 atom stereocenters. The molecule has 0 heterocycles. The zero-order chi connectivity index (χ0) is 29.6. The molecule has 0 unspecified atom stereocenters. The molecule has 7 heteroatoms. The molecule has 40 heavy (non-hydrogen) atoms. The second kappa shape index (κ2) is 12.9. The van der Waals surface area contributed by atoms with E-state index in [1.54, 1.807) is 12.1 Å². The van der Waals surface area contributed by atoms with E-state index < -0.39 is 10.1 Å². The van der Waals surface area contributed by atoms with Crippen LogP contribution in [0, 0.1) is 6.92 Å². The molecule has 0 radical (unpaired) electrons. The molecule has 0 spiro atoms. The highest BCUT2D eigenvalue weighted by atomic mass is 32.2. The van der Waals surface area contributed by atoms with Crippen molar-refractivity contribution in [3.63, 3.8) is 0 Å². The van der Waals surface area contributed by atoms with Gasteiger partial charge in [0.15, 0.2) is 26.2 Å². The summed E-state index contributed by atoms with van der Waals surface area (Å²) >= 11 is 0. The van der Waals surface area contributed by atoms with E-state index in [-0.39, 0.29) is 27.0 Å². The minimum Gasteiger partial charge on any atom is -0.744 e. The molecule has 0 aliphatic heterocycles. The Labute approximate surface area is 242 Å². The standard InChI is InChI=1S/C26H31O2S.C7H8O3S/c1-25(2,3)27-23-18-17-22(19-24(23)28-26(4,5)6)29(20-13-9-7-10-14-20)21-15-11-8-12-16-21;1-6-2-4-7(5-3-6)11(8,9)10/h7-19H,1-6H3;2-5H,1H3,(H,8,9,10)/q+1;/p-1. The number of benzene rings is 4. The minimum atomic E-state index is -4.27. The normalized spacial score (nSPS) is 11.9. The van der Waals surface area contributed by atoms with Crippen LogP contribution in [0.25, 0.3) is 0 Å². The lowest BCUT2D eigenvalue weighted by Crippen LogP contribution is -2.26. The molecule has 0 bridgehead atoms. The zero-order valence-corrected chi connectivity index (χ0v) is 25.8. The summed E-state index contributed by atoms with van der Waals surface area (Å²) in [4.78, 5) is 3.60. The van der Waals surface area contributed by atoms with E-state index in [0.717, 1.165) is 17.1 Å². The number of rotatable bonds is 6. The molecular weight excluding hydrogens is 540 g/mol. The van der Waals surface area contributed by atoms with E-state index in [2.05, 4.69) is 114 Å². The van der Waals surface area contributed by atoms with Gasteiger partial charge in [0.1, 0.15) is 21.3 Å². The van der Waals surface area contributed by atoms with Crippen molar-refractivity contribution in [1.82, 2.24) is 0 Å². The van der Waals surface area contributed by atoms with Crippen LogP contribution >= 0.6 is 0 Å². The second-order valence-corrected chi connectivity index (χ2v) is 14.6. The van der Waals surface area contributed by atoms with Gasteiger partial charge in [0.2, 0.25) is 0 Å². The predicted octanol–water partition coefficient (Wildman–Crippen LogP) is 8.04. The van der Waals surface area contributed by atoms with Crippen LogP contribution in [0.3, 0.4) is 0 Å². The highest BCUT2D eigenvalue weighted by Crippen LogP contribution is 2.39. The average molecular weight is 579 g/mol. The lowest BCUT2D eigenvalue weighted by molar-refractivity contribution is 0.0954. The third kappa shape index (κ3) is 9.73. The quantitative estimate of drug-likeness (QED) is 0.171. The van der Waals surface area contributed by atoms with Gasteiger partial charge in [-0.05, 0) is 97.0 Å². The van der Waals surface area contributed by atoms with Crippen molar-refractivity contribution in [1.29, 1.82) is 0 Å². The van der Waals surface area contributed by atoms with Crippen molar-refractivity contribution in [3.8, 4) is 11.5 Å². The van der Waals surface area contributed by atoms with Gasteiger partial charge in [-0.3, -0.25) is 0 Å². The first-order valence-electron chi connectivity index (χ1n) is 13.0. The molecule has 0 saturated carbocycles. The number of aryl methyl sites for hydroxylation is 1. The van der Waals surface area contributed by atoms with Gasteiger partial charge in [-0.2, -0.15) is 0 Å². The van der Waals surface area contributed by atoms with Gasteiger partial charge >= 0.3 is 0 Å². The van der Waals surface area contributed by atoms with E-state index >= 15 is 0 Å². The number of ether oxygens (including phenoxy) is 2. The van der Waals surface area contributed by atoms with Crippen LogP contribution in [0.15, 0.2) is 123 Å². The van der Waals surface area contributed by atoms with E-state index in [4.69, 9.17) is 9.47 Å². The Balaban J connectivity index is 0.000000336. The second-order valence-electron chi connectivity index (χ2n) is 11.2.